The fraction of sp³-hybridized carbons (Fsp3) is 0.233. The number of anilines is 1. The van der Waals surface area contributed by atoms with Crippen LogP contribution in [0, 0.1) is 5.41 Å². The molecule has 0 saturated carbocycles. The van der Waals surface area contributed by atoms with Crippen LogP contribution in [0.5, 0.6) is 11.5 Å². The van der Waals surface area contributed by atoms with E-state index in [1.165, 1.54) is 0 Å². The molecule has 1 atom stereocenters. The molecule has 7 heteroatoms. The Morgan fingerprint density at radius 2 is 1.81 bits per heavy atom. The molecule has 186 valence electrons. The lowest BCUT2D eigenvalue weighted by Crippen LogP contribution is -2.36. The van der Waals surface area contributed by atoms with Gasteiger partial charge in [-0.3, -0.25) is 4.79 Å². The molecule has 0 bridgehead atoms. The van der Waals surface area contributed by atoms with Crippen LogP contribution in [0.4, 0.5) is 5.95 Å². The van der Waals surface area contributed by atoms with Gasteiger partial charge in [0.1, 0.15) is 24.1 Å². The minimum atomic E-state index is -0.423. The Morgan fingerprint density at radius 1 is 1.03 bits per heavy atom. The lowest BCUT2D eigenvalue weighted by Gasteiger charge is -2.38. The number of Topliss-reactive ketones (excluding diaryl/α,β-unsaturated/α-hetero) is 1. The van der Waals surface area contributed by atoms with E-state index in [0.717, 1.165) is 40.1 Å². The molecule has 2 N–H and O–H groups in total. The highest BCUT2D eigenvalue weighted by Gasteiger charge is 2.42. The molecule has 2 heterocycles. The molecule has 37 heavy (non-hydrogen) atoms. The largest absolute Gasteiger partial charge is 0.508 e. The highest BCUT2D eigenvalue weighted by Crippen LogP contribution is 2.46. The van der Waals surface area contributed by atoms with Crippen molar-refractivity contribution >= 4 is 11.7 Å². The van der Waals surface area contributed by atoms with E-state index >= 15 is 0 Å². The summed E-state index contributed by atoms with van der Waals surface area (Å²) in [6.07, 6.45) is 1.22. The average molecular weight is 493 g/mol. The van der Waals surface area contributed by atoms with Crippen molar-refractivity contribution in [1.82, 2.24) is 14.8 Å². The number of aromatic hydroxyl groups is 1. The van der Waals surface area contributed by atoms with Crippen LogP contribution in [0.3, 0.4) is 0 Å². The molecule has 1 aliphatic heterocycles. The van der Waals surface area contributed by atoms with Crippen molar-refractivity contribution in [2.45, 2.75) is 39.3 Å². The second kappa shape index (κ2) is 8.92. The quantitative estimate of drug-likeness (QED) is 0.361. The molecule has 3 aromatic carbocycles. The van der Waals surface area contributed by atoms with E-state index in [9.17, 15) is 9.90 Å². The Hall–Kier alpha value is -4.39. The molecule has 1 aliphatic carbocycles. The first-order chi connectivity index (χ1) is 17.9. The number of nitrogens with zero attached hydrogens (tertiary/aromatic N) is 3. The molecule has 0 amide bonds. The zero-order chi connectivity index (χ0) is 25.6. The summed E-state index contributed by atoms with van der Waals surface area (Å²) >= 11 is 0. The zero-order valence-corrected chi connectivity index (χ0v) is 20.8. The van der Waals surface area contributed by atoms with Crippen molar-refractivity contribution < 1.29 is 14.6 Å². The van der Waals surface area contributed by atoms with Gasteiger partial charge in [0.2, 0.25) is 5.95 Å². The van der Waals surface area contributed by atoms with E-state index in [4.69, 9.17) is 14.8 Å². The summed E-state index contributed by atoms with van der Waals surface area (Å²) in [6.45, 7) is 4.69. The third kappa shape index (κ3) is 4.48. The van der Waals surface area contributed by atoms with Crippen LogP contribution < -0.4 is 10.1 Å². The second-order valence-corrected chi connectivity index (χ2v) is 10.5. The molecule has 1 unspecified atom stereocenters. The van der Waals surface area contributed by atoms with Crippen LogP contribution in [0.25, 0.3) is 11.4 Å². The summed E-state index contributed by atoms with van der Waals surface area (Å²) < 4.78 is 7.91. The van der Waals surface area contributed by atoms with Crippen LogP contribution in [-0.4, -0.2) is 25.7 Å². The number of aromatic nitrogens is 3. The zero-order valence-electron chi connectivity index (χ0n) is 20.8. The summed E-state index contributed by atoms with van der Waals surface area (Å²) in [5.41, 5.74) is 4.27. The number of fused-ring (bicyclic) bond motifs is 1. The Morgan fingerprint density at radius 3 is 2.59 bits per heavy atom. The van der Waals surface area contributed by atoms with E-state index in [0.29, 0.717) is 24.8 Å². The Labute approximate surface area is 215 Å². The van der Waals surface area contributed by atoms with Gasteiger partial charge < -0.3 is 15.2 Å². The summed E-state index contributed by atoms with van der Waals surface area (Å²) in [6, 6.07) is 24.3. The smallest absolute Gasteiger partial charge is 0.226 e. The van der Waals surface area contributed by atoms with E-state index in [2.05, 4.69) is 19.2 Å². The van der Waals surface area contributed by atoms with Crippen LogP contribution in [0.2, 0.25) is 0 Å². The molecule has 4 aromatic rings. The van der Waals surface area contributed by atoms with Gasteiger partial charge in [-0.05, 0) is 59.4 Å². The number of ether oxygens (including phenoxy) is 1. The molecule has 6 rings (SSSR count). The number of phenolic OH excluding ortho intramolecular Hbond substituents is 1. The second-order valence-electron chi connectivity index (χ2n) is 10.5. The minimum Gasteiger partial charge on any atom is -0.508 e. The molecule has 0 fully saturated rings. The first kappa shape index (κ1) is 23.0. The van der Waals surface area contributed by atoms with E-state index in [-0.39, 0.29) is 16.9 Å². The Bertz CT molecular complexity index is 1500. The number of hydrogen-bond donors (Lipinski definition) is 2. The number of carbonyl (C=O) groups is 1. The molecule has 0 spiro atoms. The maximum Gasteiger partial charge on any atom is 0.226 e. The number of hydrogen-bond acceptors (Lipinski definition) is 6. The monoisotopic (exact) mass is 492 g/mol. The average Bonchev–Trinajstić information content (AvgIpc) is 3.30. The molecule has 7 nitrogen and oxygen atoms in total. The number of carbonyl (C=O) groups excluding carboxylic acids is 1. The van der Waals surface area contributed by atoms with Gasteiger partial charge in [0.25, 0.3) is 0 Å². The highest BCUT2D eigenvalue weighted by atomic mass is 16.5. The molecule has 1 aromatic heterocycles. The third-order valence-corrected chi connectivity index (χ3v) is 6.88. The Balaban J connectivity index is 1.41. The van der Waals surface area contributed by atoms with Gasteiger partial charge in [0, 0.05) is 23.3 Å². The third-order valence-electron chi connectivity index (χ3n) is 6.88. The van der Waals surface area contributed by atoms with E-state index < -0.39 is 6.04 Å². The summed E-state index contributed by atoms with van der Waals surface area (Å²) in [5.74, 6) is 2.14. The molecule has 2 aliphatic rings. The van der Waals surface area contributed by atoms with Gasteiger partial charge in [-0.1, -0.05) is 56.3 Å². The number of nitrogens with one attached hydrogen (secondary N) is 1. The van der Waals surface area contributed by atoms with Gasteiger partial charge in [0.05, 0.1) is 0 Å². The fourth-order valence-electron chi connectivity index (χ4n) is 5.17. The fourth-order valence-corrected chi connectivity index (χ4v) is 5.17. The first-order valence-corrected chi connectivity index (χ1v) is 12.4. The maximum atomic E-state index is 13.5. The maximum absolute atomic E-state index is 13.5. The summed E-state index contributed by atoms with van der Waals surface area (Å²) in [4.78, 5) is 18.3. The first-order valence-electron chi connectivity index (χ1n) is 12.4. The van der Waals surface area contributed by atoms with Gasteiger partial charge in [0.15, 0.2) is 11.6 Å². The number of ketones is 1. The van der Waals surface area contributed by atoms with Gasteiger partial charge in [-0.25, -0.2) is 4.68 Å². The highest BCUT2D eigenvalue weighted by molar-refractivity contribution is 6.00. The molecular weight excluding hydrogens is 464 g/mol. The van der Waals surface area contributed by atoms with Gasteiger partial charge in [-0.2, -0.15) is 4.98 Å². The van der Waals surface area contributed by atoms with Crippen molar-refractivity contribution in [2.24, 2.45) is 5.41 Å². The van der Waals surface area contributed by atoms with Crippen molar-refractivity contribution in [1.29, 1.82) is 0 Å². The Kier molecular flexibility index (Phi) is 5.56. The van der Waals surface area contributed by atoms with Crippen LogP contribution >= 0.6 is 0 Å². The number of allylic oxidation sites excluding steroid dienone is 2. The molecule has 0 radical (unpaired) electrons. The SMILES string of the molecule is CC1(C)CC(=O)C2=C(C1)Nc1nc(-c3ccc(O)cc3)nn1C2c1cccc(OCc2ccccc2)c1. The van der Waals surface area contributed by atoms with Crippen LogP contribution in [0.15, 0.2) is 90.1 Å². The summed E-state index contributed by atoms with van der Waals surface area (Å²) in [5, 5.41) is 17.9. The molecular formula is C30H28N4O3. The van der Waals surface area contributed by atoms with Crippen molar-refractivity contribution in [3.05, 3.63) is 101 Å². The number of rotatable bonds is 5. The number of phenols is 1. The minimum absolute atomic E-state index is 0.117. The topological polar surface area (TPSA) is 89.3 Å². The van der Waals surface area contributed by atoms with Crippen LogP contribution in [0.1, 0.15) is 43.9 Å². The molecule has 0 saturated heterocycles. The lowest BCUT2D eigenvalue weighted by molar-refractivity contribution is -0.118. The van der Waals surface area contributed by atoms with Gasteiger partial charge >= 0.3 is 0 Å². The van der Waals surface area contributed by atoms with Crippen molar-refractivity contribution in [3.8, 4) is 22.9 Å². The van der Waals surface area contributed by atoms with E-state index in [1.807, 2.05) is 54.6 Å². The number of benzene rings is 3. The standard InChI is InChI=1S/C30H28N4O3/c1-30(2)16-24-26(25(36)17-30)27(21-9-6-10-23(15-21)37-18-19-7-4-3-5-8-19)34-29(31-24)32-28(33-34)20-11-13-22(35)14-12-20/h3-15,27,35H,16-18H2,1-2H3,(H,31,32,33). The lowest BCUT2D eigenvalue weighted by atomic mass is 9.73. The van der Waals surface area contributed by atoms with Crippen LogP contribution in [-0.2, 0) is 11.4 Å². The predicted molar refractivity (Wildman–Crippen MR) is 141 cm³/mol. The van der Waals surface area contributed by atoms with Crippen molar-refractivity contribution in [2.75, 3.05) is 5.32 Å². The predicted octanol–water partition coefficient (Wildman–Crippen LogP) is 5.89. The van der Waals surface area contributed by atoms with E-state index in [1.54, 1.807) is 28.9 Å². The van der Waals surface area contributed by atoms with Crippen molar-refractivity contribution in [3.63, 3.8) is 0 Å². The van der Waals surface area contributed by atoms with Gasteiger partial charge in [-0.15, -0.1) is 5.10 Å². The normalized spacial score (nSPS) is 18.1. The summed E-state index contributed by atoms with van der Waals surface area (Å²) in [7, 11) is 0.